The number of fused-ring (bicyclic) bond motifs is 1. The summed E-state index contributed by atoms with van der Waals surface area (Å²) in [6, 6.07) is 16.1. The van der Waals surface area contributed by atoms with E-state index in [-0.39, 0.29) is 16.6 Å². The Morgan fingerprint density at radius 3 is 2.57 bits per heavy atom. The fourth-order valence-electron chi connectivity index (χ4n) is 4.23. The highest BCUT2D eigenvalue weighted by molar-refractivity contribution is 7.90. The maximum atomic E-state index is 13.2. The van der Waals surface area contributed by atoms with Crippen molar-refractivity contribution in [1.82, 2.24) is 19.8 Å². The van der Waals surface area contributed by atoms with E-state index in [0.29, 0.717) is 25.1 Å². The summed E-state index contributed by atoms with van der Waals surface area (Å²) >= 11 is 0. The van der Waals surface area contributed by atoms with Crippen molar-refractivity contribution in [3.8, 4) is 0 Å². The van der Waals surface area contributed by atoms with Gasteiger partial charge in [-0.25, -0.2) is 8.42 Å². The zero-order valence-corrected chi connectivity index (χ0v) is 21.1. The summed E-state index contributed by atoms with van der Waals surface area (Å²) < 4.78 is 29.3. The highest BCUT2D eigenvalue weighted by atomic mass is 32.2. The van der Waals surface area contributed by atoms with Crippen LogP contribution in [0.4, 0.5) is 0 Å². The lowest BCUT2D eigenvalue weighted by Gasteiger charge is -2.14. The first-order chi connectivity index (χ1) is 16.8. The van der Waals surface area contributed by atoms with E-state index in [9.17, 15) is 13.2 Å². The molecule has 0 saturated carbocycles. The summed E-state index contributed by atoms with van der Waals surface area (Å²) in [5.41, 5.74) is 4.50. The summed E-state index contributed by atoms with van der Waals surface area (Å²) in [7, 11) is -3.66. The monoisotopic (exact) mass is 493 g/mol. The second kappa shape index (κ2) is 10.4. The number of nitrogens with zero attached hydrogens (tertiary/aromatic N) is 3. The molecule has 0 bridgehead atoms. The van der Waals surface area contributed by atoms with E-state index in [1.54, 1.807) is 24.3 Å². The molecule has 1 amide bonds. The number of amides is 1. The van der Waals surface area contributed by atoms with Crippen LogP contribution in [0.1, 0.15) is 54.3 Å². The molecule has 9 heteroatoms. The molecule has 0 spiro atoms. The third kappa shape index (κ3) is 5.45. The zero-order chi connectivity index (χ0) is 25.0. The Balaban J connectivity index is 1.51. The van der Waals surface area contributed by atoms with Gasteiger partial charge < -0.3 is 5.32 Å². The van der Waals surface area contributed by atoms with E-state index in [1.807, 2.05) is 43.7 Å². The molecule has 2 aromatic carbocycles. The Morgan fingerprint density at radius 1 is 1.11 bits per heavy atom. The molecule has 0 radical (unpaired) electrons. The number of amidine groups is 1. The fraction of sp³-hybridized carbons (Fsp3) is 0.346. The van der Waals surface area contributed by atoms with Gasteiger partial charge in [-0.1, -0.05) is 62.2 Å². The molecule has 2 heterocycles. The minimum atomic E-state index is -3.66. The summed E-state index contributed by atoms with van der Waals surface area (Å²) in [5, 5.41) is 7.67. The molecule has 4 rings (SSSR count). The van der Waals surface area contributed by atoms with Crippen LogP contribution in [-0.2, 0) is 27.9 Å². The molecule has 35 heavy (non-hydrogen) atoms. The molecular formula is C26H31N5O3S. The maximum absolute atomic E-state index is 13.2. The number of unbranched alkanes of at least 4 members (excludes halogenated alkanes) is 1. The second-order valence-electron chi connectivity index (χ2n) is 8.75. The predicted octanol–water partition coefficient (Wildman–Crippen LogP) is 3.46. The molecule has 1 aromatic heterocycles. The summed E-state index contributed by atoms with van der Waals surface area (Å²) in [4.78, 5) is 17.9. The summed E-state index contributed by atoms with van der Waals surface area (Å²) in [6.45, 7) is 6.98. The van der Waals surface area contributed by atoms with Crippen LogP contribution >= 0.6 is 0 Å². The van der Waals surface area contributed by atoms with Gasteiger partial charge in [0.05, 0.1) is 17.1 Å². The van der Waals surface area contributed by atoms with Crippen molar-refractivity contribution < 1.29 is 13.2 Å². The normalized spacial score (nSPS) is 16.0. The van der Waals surface area contributed by atoms with Gasteiger partial charge in [0.15, 0.2) is 0 Å². The lowest BCUT2D eigenvalue weighted by atomic mass is 10.1. The van der Waals surface area contributed by atoms with Gasteiger partial charge in [0.25, 0.3) is 10.0 Å². The second-order valence-corrected chi connectivity index (χ2v) is 10.4. The van der Waals surface area contributed by atoms with Crippen LogP contribution in [0.3, 0.4) is 0 Å². The van der Waals surface area contributed by atoms with Crippen LogP contribution in [0.25, 0.3) is 0 Å². The third-order valence-electron chi connectivity index (χ3n) is 6.23. The quantitative estimate of drug-likeness (QED) is 0.476. The fourth-order valence-corrected chi connectivity index (χ4v) is 5.47. The van der Waals surface area contributed by atoms with Gasteiger partial charge in [0.2, 0.25) is 5.91 Å². The molecule has 1 unspecified atom stereocenters. The first kappa shape index (κ1) is 24.7. The van der Waals surface area contributed by atoms with Crippen LogP contribution in [0.15, 0.2) is 64.5 Å². The highest BCUT2D eigenvalue weighted by Crippen LogP contribution is 2.23. The number of sulfonamides is 1. The van der Waals surface area contributed by atoms with Crippen molar-refractivity contribution in [2.45, 2.75) is 64.1 Å². The van der Waals surface area contributed by atoms with E-state index in [0.717, 1.165) is 35.4 Å². The summed E-state index contributed by atoms with van der Waals surface area (Å²) in [6.07, 6.45) is 2.23. The molecule has 3 aromatic rings. The number of aliphatic imine (C=N–C) groups is 1. The Hall–Kier alpha value is -3.46. The van der Waals surface area contributed by atoms with E-state index < -0.39 is 16.1 Å². The minimum absolute atomic E-state index is 0.186. The smallest absolute Gasteiger partial charge is 0.263 e. The molecule has 1 atom stereocenters. The van der Waals surface area contributed by atoms with E-state index >= 15 is 0 Å². The van der Waals surface area contributed by atoms with Crippen molar-refractivity contribution in [3.05, 3.63) is 82.7 Å². The highest BCUT2D eigenvalue weighted by Gasteiger charge is 2.31. The number of aryl methyl sites for hydroxylation is 1. The number of carbonyl (C=O) groups is 1. The Labute approximate surface area is 206 Å². The third-order valence-corrected chi connectivity index (χ3v) is 7.62. The Morgan fingerprint density at radius 2 is 1.83 bits per heavy atom. The first-order valence-corrected chi connectivity index (χ1v) is 13.3. The van der Waals surface area contributed by atoms with Gasteiger partial charge in [0.1, 0.15) is 11.9 Å². The minimum Gasteiger partial charge on any atom is -0.350 e. The number of hydrogen-bond donors (Lipinski definition) is 2. The number of carbonyl (C=O) groups excluding carboxylic acids is 1. The zero-order valence-electron chi connectivity index (χ0n) is 20.3. The van der Waals surface area contributed by atoms with E-state index in [1.165, 1.54) is 0 Å². The number of hydrogen-bond acceptors (Lipinski definition) is 5. The van der Waals surface area contributed by atoms with E-state index in [4.69, 9.17) is 0 Å². The van der Waals surface area contributed by atoms with Crippen molar-refractivity contribution in [2.75, 3.05) is 0 Å². The molecule has 0 fully saturated rings. The van der Waals surface area contributed by atoms with Gasteiger partial charge in [-0.3, -0.25) is 19.2 Å². The van der Waals surface area contributed by atoms with Gasteiger partial charge >= 0.3 is 0 Å². The molecule has 8 nitrogen and oxygen atoms in total. The number of nitrogens with one attached hydrogen (secondary N) is 2. The topological polar surface area (TPSA) is 105 Å². The molecule has 0 aliphatic carbocycles. The van der Waals surface area contributed by atoms with Crippen molar-refractivity contribution in [2.24, 2.45) is 4.99 Å². The first-order valence-electron chi connectivity index (χ1n) is 11.8. The molecule has 2 N–H and O–H groups in total. The average Bonchev–Trinajstić information content (AvgIpc) is 3.26. The van der Waals surface area contributed by atoms with Crippen LogP contribution in [0.5, 0.6) is 0 Å². The average molecular weight is 494 g/mol. The van der Waals surface area contributed by atoms with Crippen molar-refractivity contribution in [1.29, 1.82) is 0 Å². The van der Waals surface area contributed by atoms with Gasteiger partial charge in [-0.15, -0.1) is 0 Å². The standard InChI is InChI=1S/C26H31N5O3S/c1-4-5-14-23(28-25-21-13-9-10-15-24(21)35(33,34)30-25)26(32)27-16-22-18(2)29-31(19(22)3)17-20-11-7-6-8-12-20/h6-13,15,23H,4-5,14,16-17H2,1-3H3,(H,27,32)(H,28,30). The van der Waals surface area contributed by atoms with Crippen LogP contribution in [-0.4, -0.2) is 36.0 Å². The van der Waals surface area contributed by atoms with Crippen molar-refractivity contribution in [3.63, 3.8) is 0 Å². The number of benzene rings is 2. The van der Waals surface area contributed by atoms with E-state index in [2.05, 4.69) is 32.3 Å². The van der Waals surface area contributed by atoms with Crippen LogP contribution in [0, 0.1) is 13.8 Å². The maximum Gasteiger partial charge on any atom is 0.263 e. The lowest BCUT2D eigenvalue weighted by molar-refractivity contribution is -0.122. The van der Waals surface area contributed by atoms with Crippen LogP contribution < -0.4 is 10.0 Å². The van der Waals surface area contributed by atoms with Gasteiger partial charge in [0, 0.05) is 23.4 Å². The predicted molar refractivity (Wildman–Crippen MR) is 136 cm³/mol. The molecule has 1 aliphatic rings. The molecular weight excluding hydrogens is 462 g/mol. The molecule has 0 saturated heterocycles. The summed E-state index contributed by atoms with van der Waals surface area (Å²) in [5.74, 6) is -0.0102. The Bertz CT molecular complexity index is 1350. The SMILES string of the molecule is CCCCC(N=C1NS(=O)(=O)c2ccccc21)C(=O)NCc1c(C)nn(Cc2ccccc2)c1C. The molecule has 1 aliphatic heterocycles. The van der Waals surface area contributed by atoms with Crippen LogP contribution in [0.2, 0.25) is 0 Å². The largest absolute Gasteiger partial charge is 0.350 e. The number of rotatable bonds is 9. The number of aromatic nitrogens is 2. The molecule has 184 valence electrons. The Kier molecular flexibility index (Phi) is 7.35. The van der Waals surface area contributed by atoms with Gasteiger partial charge in [-0.05, 0) is 38.0 Å². The van der Waals surface area contributed by atoms with Gasteiger partial charge in [-0.2, -0.15) is 5.10 Å². The lowest BCUT2D eigenvalue weighted by Crippen LogP contribution is -2.35. The van der Waals surface area contributed by atoms with Crippen molar-refractivity contribution >= 4 is 21.8 Å².